The quantitative estimate of drug-likeness (QED) is 0.796. The Bertz CT molecular complexity index is 620. The zero-order valence-corrected chi connectivity index (χ0v) is 13.0. The molecule has 110 valence electrons. The number of benzene rings is 1. The van der Waals surface area contributed by atoms with Crippen molar-refractivity contribution in [1.29, 1.82) is 0 Å². The van der Waals surface area contributed by atoms with Crippen molar-refractivity contribution < 1.29 is 9.47 Å². The molecule has 0 aliphatic heterocycles. The van der Waals surface area contributed by atoms with Crippen molar-refractivity contribution in [1.82, 2.24) is 14.5 Å². The summed E-state index contributed by atoms with van der Waals surface area (Å²) in [5.74, 6) is 0.832. The molecular formula is C14H21N3O2S. The van der Waals surface area contributed by atoms with Gasteiger partial charge in [0.15, 0.2) is 4.77 Å². The number of H-pyrrole nitrogens is 1. The normalized spacial score (nSPS) is 11.4. The fourth-order valence-electron chi connectivity index (χ4n) is 2.12. The van der Waals surface area contributed by atoms with Crippen LogP contribution >= 0.6 is 12.2 Å². The molecule has 0 aliphatic rings. The van der Waals surface area contributed by atoms with E-state index in [1.807, 2.05) is 18.2 Å². The van der Waals surface area contributed by atoms with Crippen LogP contribution < -0.4 is 4.74 Å². The van der Waals surface area contributed by atoms with E-state index in [1.165, 1.54) is 0 Å². The van der Waals surface area contributed by atoms with Crippen LogP contribution in [0.4, 0.5) is 0 Å². The Kier molecular flexibility index (Phi) is 5.17. The highest BCUT2D eigenvalue weighted by atomic mass is 32.1. The van der Waals surface area contributed by atoms with Crippen molar-refractivity contribution in [2.45, 2.75) is 6.54 Å². The van der Waals surface area contributed by atoms with Crippen LogP contribution in [0.2, 0.25) is 0 Å². The minimum absolute atomic E-state index is 0.743. The van der Waals surface area contributed by atoms with Gasteiger partial charge in [-0.15, -0.1) is 0 Å². The van der Waals surface area contributed by atoms with Crippen molar-refractivity contribution in [3.05, 3.63) is 23.0 Å². The van der Waals surface area contributed by atoms with E-state index in [0.717, 1.165) is 47.8 Å². The maximum Gasteiger partial charge on any atom is 0.178 e. The van der Waals surface area contributed by atoms with E-state index in [0.29, 0.717) is 0 Å². The molecule has 1 N–H and O–H groups in total. The van der Waals surface area contributed by atoms with Gasteiger partial charge >= 0.3 is 0 Å². The Hall–Kier alpha value is -1.37. The Labute approximate surface area is 124 Å². The summed E-state index contributed by atoms with van der Waals surface area (Å²) in [5.41, 5.74) is 2.12. The lowest BCUT2D eigenvalue weighted by molar-refractivity contribution is 0.159. The van der Waals surface area contributed by atoms with Gasteiger partial charge < -0.3 is 23.9 Å². The summed E-state index contributed by atoms with van der Waals surface area (Å²) in [7, 11) is 5.47. The van der Waals surface area contributed by atoms with Gasteiger partial charge in [-0.2, -0.15) is 0 Å². The maximum atomic E-state index is 5.40. The van der Waals surface area contributed by atoms with E-state index in [1.54, 1.807) is 14.2 Å². The number of nitrogens with one attached hydrogen (secondary N) is 1. The lowest BCUT2D eigenvalue weighted by Gasteiger charge is -2.16. The minimum atomic E-state index is 0.743. The van der Waals surface area contributed by atoms with Gasteiger partial charge in [0.25, 0.3) is 0 Å². The second-order valence-corrected chi connectivity index (χ2v) is 5.15. The summed E-state index contributed by atoms with van der Waals surface area (Å²) in [6.45, 7) is 3.44. The van der Waals surface area contributed by atoms with Crippen LogP contribution in [0, 0.1) is 4.77 Å². The molecule has 0 spiro atoms. The maximum absolute atomic E-state index is 5.40. The number of fused-ring (bicyclic) bond motifs is 1. The van der Waals surface area contributed by atoms with Gasteiger partial charge in [-0.25, -0.2) is 0 Å². The van der Waals surface area contributed by atoms with Gasteiger partial charge in [0.05, 0.1) is 24.8 Å². The number of likely N-dealkylation sites (N-methyl/N-ethyl adjacent to an activating group) is 1. The number of ether oxygens (including phenoxy) is 2. The van der Waals surface area contributed by atoms with E-state index < -0.39 is 0 Å². The van der Waals surface area contributed by atoms with Crippen LogP contribution in [0.1, 0.15) is 0 Å². The third-order valence-corrected chi connectivity index (χ3v) is 3.69. The fraction of sp³-hybridized carbons (Fsp3) is 0.500. The third kappa shape index (κ3) is 3.39. The fourth-order valence-corrected chi connectivity index (χ4v) is 2.42. The van der Waals surface area contributed by atoms with E-state index in [-0.39, 0.29) is 0 Å². The lowest BCUT2D eigenvalue weighted by atomic mass is 10.3. The zero-order valence-electron chi connectivity index (χ0n) is 12.2. The Morgan fingerprint density at radius 2 is 2.10 bits per heavy atom. The summed E-state index contributed by atoms with van der Waals surface area (Å²) >= 11 is 5.40. The third-order valence-electron chi connectivity index (χ3n) is 3.36. The molecule has 6 heteroatoms. The molecule has 20 heavy (non-hydrogen) atoms. The van der Waals surface area contributed by atoms with Crippen LogP contribution in [0.15, 0.2) is 18.2 Å². The second kappa shape index (κ2) is 6.88. The molecule has 1 aromatic heterocycles. The molecule has 1 heterocycles. The number of imidazole rings is 1. The Morgan fingerprint density at radius 1 is 1.30 bits per heavy atom. The molecule has 0 fully saturated rings. The standard InChI is InChI=1S/C14H21N3O2S/c1-16(8-9-18-2)6-7-17-13-5-4-11(19-3)10-12(13)15-14(17)20/h4-5,10H,6-9H2,1-3H3,(H,15,20). The molecule has 0 bridgehead atoms. The van der Waals surface area contributed by atoms with Crippen LogP contribution in [-0.4, -0.2) is 55.4 Å². The molecule has 2 aromatic rings. The smallest absolute Gasteiger partial charge is 0.178 e. The van der Waals surface area contributed by atoms with Gasteiger partial charge in [0, 0.05) is 32.8 Å². The highest BCUT2D eigenvalue weighted by Gasteiger charge is 2.06. The topological polar surface area (TPSA) is 42.4 Å². The van der Waals surface area contributed by atoms with Crippen LogP contribution in [0.3, 0.4) is 0 Å². The molecule has 0 saturated heterocycles. The monoisotopic (exact) mass is 295 g/mol. The first-order valence-electron chi connectivity index (χ1n) is 6.59. The number of hydrogen-bond acceptors (Lipinski definition) is 4. The summed E-state index contributed by atoms with van der Waals surface area (Å²) in [6, 6.07) is 5.96. The Morgan fingerprint density at radius 3 is 2.80 bits per heavy atom. The van der Waals surface area contributed by atoms with Crippen molar-refractivity contribution in [3.8, 4) is 5.75 Å². The van der Waals surface area contributed by atoms with E-state index in [9.17, 15) is 0 Å². The summed E-state index contributed by atoms with van der Waals surface area (Å²) in [5, 5.41) is 0. The number of nitrogens with zero attached hydrogens (tertiary/aromatic N) is 2. The Balaban J connectivity index is 2.13. The zero-order chi connectivity index (χ0) is 14.5. The molecular weight excluding hydrogens is 274 g/mol. The largest absolute Gasteiger partial charge is 0.497 e. The molecule has 1 aromatic carbocycles. The SMILES string of the molecule is COCCN(C)CCn1c(=S)[nH]c2cc(OC)ccc21. The molecule has 0 saturated carbocycles. The number of methoxy groups -OCH3 is 2. The average molecular weight is 295 g/mol. The molecule has 0 aliphatic carbocycles. The van der Waals surface area contributed by atoms with Gasteiger partial charge in [-0.05, 0) is 31.4 Å². The highest BCUT2D eigenvalue weighted by molar-refractivity contribution is 7.71. The van der Waals surface area contributed by atoms with Crippen molar-refractivity contribution in [2.24, 2.45) is 0 Å². The molecule has 0 amide bonds. The predicted octanol–water partition coefficient (Wildman–Crippen LogP) is 2.29. The summed E-state index contributed by atoms with van der Waals surface area (Å²) in [6.07, 6.45) is 0. The summed E-state index contributed by atoms with van der Waals surface area (Å²) in [4.78, 5) is 5.45. The molecule has 0 unspecified atom stereocenters. The van der Waals surface area contributed by atoms with Crippen LogP contribution in [0.25, 0.3) is 11.0 Å². The van der Waals surface area contributed by atoms with Gasteiger partial charge in [-0.1, -0.05) is 0 Å². The second-order valence-electron chi connectivity index (χ2n) is 4.76. The highest BCUT2D eigenvalue weighted by Crippen LogP contribution is 2.20. The average Bonchev–Trinajstić information content (AvgIpc) is 2.77. The lowest BCUT2D eigenvalue weighted by Crippen LogP contribution is -2.26. The first-order chi connectivity index (χ1) is 9.65. The summed E-state index contributed by atoms with van der Waals surface area (Å²) < 4.78 is 13.2. The van der Waals surface area contributed by atoms with Gasteiger partial charge in [0.2, 0.25) is 0 Å². The first-order valence-corrected chi connectivity index (χ1v) is 7.00. The van der Waals surface area contributed by atoms with Gasteiger partial charge in [0.1, 0.15) is 5.75 Å². The van der Waals surface area contributed by atoms with Crippen molar-refractivity contribution >= 4 is 23.3 Å². The number of hydrogen-bond donors (Lipinski definition) is 1. The van der Waals surface area contributed by atoms with E-state index in [4.69, 9.17) is 21.7 Å². The minimum Gasteiger partial charge on any atom is -0.497 e. The van der Waals surface area contributed by atoms with Crippen molar-refractivity contribution in [2.75, 3.05) is 41.0 Å². The molecule has 0 atom stereocenters. The number of rotatable bonds is 7. The predicted molar refractivity (Wildman–Crippen MR) is 83.0 cm³/mol. The van der Waals surface area contributed by atoms with Crippen LogP contribution in [-0.2, 0) is 11.3 Å². The molecule has 2 rings (SSSR count). The first kappa shape index (κ1) is 15.0. The van der Waals surface area contributed by atoms with Gasteiger partial charge in [-0.3, -0.25) is 0 Å². The van der Waals surface area contributed by atoms with Crippen LogP contribution in [0.5, 0.6) is 5.75 Å². The van der Waals surface area contributed by atoms with Crippen molar-refractivity contribution in [3.63, 3.8) is 0 Å². The van der Waals surface area contributed by atoms with E-state index in [2.05, 4.69) is 21.5 Å². The van der Waals surface area contributed by atoms with E-state index >= 15 is 0 Å². The molecule has 0 radical (unpaired) electrons. The number of aromatic nitrogens is 2. The number of aromatic amines is 1. The molecule has 5 nitrogen and oxygen atoms in total.